The highest BCUT2D eigenvalue weighted by Crippen LogP contribution is 2.42. The first-order valence-electron chi connectivity index (χ1n) is 10.8. The molecule has 0 atom stereocenters. The highest BCUT2D eigenvalue weighted by atomic mass is 35.5. The molecule has 0 aliphatic heterocycles. The molecule has 1 nitrogen and oxygen atoms in total. The van der Waals surface area contributed by atoms with Crippen LogP contribution in [0.4, 0.5) is 22.0 Å². The molecule has 2 saturated carbocycles. The summed E-state index contributed by atoms with van der Waals surface area (Å²) in [7, 11) is 0. The minimum atomic E-state index is -5.05. The standard InChI is InChI=1S/C23H28ClF5O/c24-14-13-16-3-8-18(9-4-16)17-6-1-15(2-7-17)5-10-19-11-12-20(22(26)21(19)25)30-23(27,28)29/h11-18H,1-10H2. The second kappa shape index (κ2) is 10.3. The van der Waals surface area contributed by atoms with E-state index >= 15 is 0 Å². The zero-order chi connectivity index (χ0) is 21.7. The molecule has 0 spiro atoms. The Morgan fingerprint density at radius 1 is 0.900 bits per heavy atom. The van der Waals surface area contributed by atoms with Crippen molar-refractivity contribution in [2.45, 2.75) is 70.6 Å². The van der Waals surface area contributed by atoms with Crippen molar-refractivity contribution < 1.29 is 26.7 Å². The van der Waals surface area contributed by atoms with Crippen LogP contribution in [0.3, 0.4) is 0 Å². The van der Waals surface area contributed by atoms with Crippen molar-refractivity contribution >= 4 is 11.6 Å². The SMILES string of the molecule is Fc1c(CCC2CCC(C3CCC(C=CCl)CC3)CC2)ccc(OC(F)(F)F)c1F. The quantitative estimate of drug-likeness (QED) is 0.397. The van der Waals surface area contributed by atoms with E-state index in [9.17, 15) is 22.0 Å². The Kier molecular flexibility index (Phi) is 8.05. The summed E-state index contributed by atoms with van der Waals surface area (Å²) in [5.74, 6) is -1.36. The van der Waals surface area contributed by atoms with Gasteiger partial charge in [0.15, 0.2) is 11.6 Å². The molecule has 0 aromatic heterocycles. The molecule has 0 saturated heterocycles. The molecule has 2 aliphatic carbocycles. The van der Waals surface area contributed by atoms with Crippen LogP contribution in [0.2, 0.25) is 0 Å². The molecule has 0 bridgehead atoms. The highest BCUT2D eigenvalue weighted by Gasteiger charge is 2.34. The predicted octanol–water partition coefficient (Wildman–Crippen LogP) is 8.16. The van der Waals surface area contributed by atoms with Gasteiger partial charge in [-0.3, -0.25) is 0 Å². The van der Waals surface area contributed by atoms with Gasteiger partial charge in [0.25, 0.3) is 0 Å². The molecule has 168 valence electrons. The van der Waals surface area contributed by atoms with Crippen LogP contribution in [0, 0.1) is 35.3 Å². The van der Waals surface area contributed by atoms with Crippen LogP contribution in [-0.4, -0.2) is 6.36 Å². The van der Waals surface area contributed by atoms with Crippen LogP contribution >= 0.6 is 11.6 Å². The number of hydrogen-bond acceptors (Lipinski definition) is 1. The highest BCUT2D eigenvalue weighted by molar-refractivity contribution is 6.25. The Bertz CT molecular complexity index is 717. The first kappa shape index (κ1) is 23.4. The molecule has 2 fully saturated rings. The van der Waals surface area contributed by atoms with Gasteiger partial charge in [-0.15, -0.1) is 13.2 Å². The third-order valence-corrected chi connectivity index (χ3v) is 7.04. The Hall–Kier alpha value is -1.30. The maximum Gasteiger partial charge on any atom is 0.573 e. The van der Waals surface area contributed by atoms with Gasteiger partial charge in [-0.1, -0.05) is 36.6 Å². The molecule has 1 aromatic rings. The van der Waals surface area contributed by atoms with E-state index in [0.29, 0.717) is 18.3 Å². The second-order valence-corrected chi connectivity index (χ2v) is 8.96. The fraction of sp³-hybridized carbons (Fsp3) is 0.652. The third-order valence-electron chi connectivity index (χ3n) is 6.89. The van der Waals surface area contributed by atoms with Gasteiger partial charge in [0.2, 0.25) is 5.82 Å². The van der Waals surface area contributed by atoms with Crippen LogP contribution in [0.25, 0.3) is 0 Å². The Labute approximate surface area is 179 Å². The van der Waals surface area contributed by atoms with Crippen LogP contribution in [0.15, 0.2) is 23.7 Å². The number of ether oxygens (including phenoxy) is 1. The number of alkyl halides is 3. The number of halogens is 6. The molecule has 30 heavy (non-hydrogen) atoms. The van der Waals surface area contributed by atoms with Crippen molar-refractivity contribution in [3.05, 3.63) is 40.9 Å². The first-order valence-corrected chi connectivity index (χ1v) is 11.2. The maximum absolute atomic E-state index is 14.1. The molecule has 0 amide bonds. The van der Waals surface area contributed by atoms with Crippen molar-refractivity contribution in [3.8, 4) is 5.75 Å². The first-order chi connectivity index (χ1) is 14.3. The largest absolute Gasteiger partial charge is 0.573 e. The summed E-state index contributed by atoms with van der Waals surface area (Å²) < 4.78 is 68.3. The van der Waals surface area contributed by atoms with Crippen molar-refractivity contribution in [2.75, 3.05) is 0 Å². The van der Waals surface area contributed by atoms with Gasteiger partial charge in [-0.05, 0) is 86.7 Å². The van der Waals surface area contributed by atoms with Crippen molar-refractivity contribution in [1.82, 2.24) is 0 Å². The van der Waals surface area contributed by atoms with Crippen molar-refractivity contribution in [2.24, 2.45) is 23.7 Å². The van der Waals surface area contributed by atoms with E-state index in [0.717, 1.165) is 37.2 Å². The fourth-order valence-electron chi connectivity index (χ4n) is 5.19. The lowest BCUT2D eigenvalue weighted by atomic mass is 9.68. The summed E-state index contributed by atoms with van der Waals surface area (Å²) in [5.41, 5.74) is 1.73. The van der Waals surface area contributed by atoms with Crippen molar-refractivity contribution in [1.29, 1.82) is 0 Å². The summed E-state index contributed by atoms with van der Waals surface area (Å²) in [6.07, 6.45) is 7.47. The van der Waals surface area contributed by atoms with E-state index in [-0.39, 0.29) is 5.56 Å². The Morgan fingerprint density at radius 3 is 2.07 bits per heavy atom. The van der Waals surface area contributed by atoms with E-state index in [1.165, 1.54) is 44.6 Å². The van der Waals surface area contributed by atoms with E-state index in [1.54, 1.807) is 5.54 Å². The molecule has 0 heterocycles. The molecule has 1 aromatic carbocycles. The predicted molar refractivity (Wildman–Crippen MR) is 107 cm³/mol. The van der Waals surface area contributed by atoms with Crippen LogP contribution in [-0.2, 0) is 6.42 Å². The van der Waals surface area contributed by atoms with E-state index < -0.39 is 23.7 Å². The summed E-state index contributed by atoms with van der Waals surface area (Å²) >= 11 is 5.69. The number of rotatable bonds is 6. The monoisotopic (exact) mass is 450 g/mol. The average Bonchev–Trinajstić information content (AvgIpc) is 2.71. The van der Waals surface area contributed by atoms with Gasteiger partial charge in [-0.25, -0.2) is 4.39 Å². The lowest BCUT2D eigenvalue weighted by molar-refractivity contribution is -0.275. The lowest BCUT2D eigenvalue weighted by Crippen LogP contribution is -2.25. The lowest BCUT2D eigenvalue weighted by Gasteiger charge is -2.37. The zero-order valence-electron chi connectivity index (χ0n) is 16.9. The molecule has 2 aliphatic rings. The number of benzene rings is 1. The van der Waals surface area contributed by atoms with Crippen molar-refractivity contribution in [3.63, 3.8) is 0 Å². The van der Waals surface area contributed by atoms with Gasteiger partial charge in [0.1, 0.15) is 0 Å². The number of aryl methyl sites for hydroxylation is 1. The van der Waals surface area contributed by atoms with E-state index in [4.69, 9.17) is 11.6 Å². The van der Waals surface area contributed by atoms with Gasteiger partial charge in [0.05, 0.1) is 0 Å². The fourth-order valence-corrected chi connectivity index (χ4v) is 5.39. The molecule has 0 radical (unpaired) electrons. The van der Waals surface area contributed by atoms with Crippen LogP contribution < -0.4 is 4.74 Å². The minimum absolute atomic E-state index is 0.106. The summed E-state index contributed by atoms with van der Waals surface area (Å²) in [5, 5.41) is 0. The molecule has 3 rings (SSSR count). The molecular weight excluding hydrogens is 423 g/mol. The Morgan fingerprint density at radius 2 is 1.50 bits per heavy atom. The summed E-state index contributed by atoms with van der Waals surface area (Å²) in [6.45, 7) is 0. The average molecular weight is 451 g/mol. The smallest absolute Gasteiger partial charge is 0.403 e. The number of allylic oxidation sites excluding steroid dienone is 1. The normalized spacial score (nSPS) is 28.1. The van der Waals surface area contributed by atoms with E-state index in [2.05, 4.69) is 10.8 Å². The Balaban J connectivity index is 1.45. The second-order valence-electron chi connectivity index (χ2n) is 8.71. The minimum Gasteiger partial charge on any atom is -0.403 e. The molecule has 7 heteroatoms. The summed E-state index contributed by atoms with van der Waals surface area (Å²) in [6, 6.07) is 2.05. The van der Waals surface area contributed by atoms with Gasteiger partial charge in [-0.2, -0.15) is 4.39 Å². The van der Waals surface area contributed by atoms with Gasteiger partial charge in [0, 0.05) is 5.54 Å². The van der Waals surface area contributed by atoms with Crippen LogP contribution in [0.5, 0.6) is 5.75 Å². The third kappa shape index (κ3) is 6.35. The van der Waals surface area contributed by atoms with E-state index in [1.807, 2.05) is 0 Å². The molecular formula is C23H28ClF5O. The molecule has 0 N–H and O–H groups in total. The van der Waals surface area contributed by atoms with Gasteiger partial charge < -0.3 is 4.74 Å². The summed E-state index contributed by atoms with van der Waals surface area (Å²) in [4.78, 5) is 0. The number of hydrogen-bond donors (Lipinski definition) is 0. The maximum atomic E-state index is 14.1. The molecule has 0 unspecified atom stereocenters. The zero-order valence-corrected chi connectivity index (χ0v) is 17.6. The van der Waals surface area contributed by atoms with Gasteiger partial charge >= 0.3 is 6.36 Å². The van der Waals surface area contributed by atoms with Crippen LogP contribution in [0.1, 0.15) is 63.4 Å². The topological polar surface area (TPSA) is 9.23 Å².